The first-order valence-electron chi connectivity index (χ1n) is 11.0. The predicted octanol–water partition coefficient (Wildman–Crippen LogP) is 4.64. The molecule has 0 spiro atoms. The molecule has 1 atom stereocenters. The van der Waals surface area contributed by atoms with Crippen LogP contribution in [0.25, 0.3) is 0 Å². The maximum Gasteiger partial charge on any atom is 0.244 e. The molecule has 1 unspecified atom stereocenters. The number of rotatable bonds is 6. The van der Waals surface area contributed by atoms with Crippen molar-refractivity contribution in [3.05, 3.63) is 66.2 Å². The first-order chi connectivity index (χ1) is 17.1. The Morgan fingerprint density at radius 1 is 1.03 bits per heavy atom. The van der Waals surface area contributed by atoms with Crippen molar-refractivity contribution in [1.29, 1.82) is 0 Å². The van der Waals surface area contributed by atoms with Crippen molar-refractivity contribution in [3.63, 3.8) is 0 Å². The number of nitrogens with zero attached hydrogens (tertiary/aromatic N) is 1. The monoisotopic (exact) mass is 492 g/mol. The minimum Gasteiger partial charge on any atom is -0.493 e. The Balaban J connectivity index is 1.38. The van der Waals surface area contributed by atoms with E-state index in [2.05, 4.69) is 5.32 Å². The highest BCUT2D eigenvalue weighted by Gasteiger charge is 2.31. The van der Waals surface area contributed by atoms with Crippen LogP contribution in [0.2, 0.25) is 0 Å². The summed E-state index contributed by atoms with van der Waals surface area (Å²) >= 11 is 1.59. The van der Waals surface area contributed by atoms with Gasteiger partial charge in [-0.1, -0.05) is 18.2 Å². The second kappa shape index (κ2) is 9.79. The molecule has 0 saturated carbocycles. The van der Waals surface area contributed by atoms with E-state index >= 15 is 0 Å². The summed E-state index contributed by atoms with van der Waals surface area (Å²) in [7, 11) is 3.17. The molecule has 180 valence electrons. The van der Waals surface area contributed by atoms with Crippen LogP contribution >= 0.6 is 11.8 Å². The average Bonchev–Trinajstić information content (AvgIpc) is 3.29. The molecule has 0 radical (unpaired) electrons. The molecule has 2 amide bonds. The summed E-state index contributed by atoms with van der Waals surface area (Å²) in [6.45, 7) is 0.0498. The van der Waals surface area contributed by atoms with Gasteiger partial charge in [-0.25, -0.2) is 0 Å². The second-order valence-electron chi connectivity index (χ2n) is 7.99. The fraction of sp³-hybridized carbons (Fsp3) is 0.231. The number of para-hydroxylation sites is 1. The fourth-order valence-electron chi connectivity index (χ4n) is 4.11. The highest BCUT2D eigenvalue weighted by molar-refractivity contribution is 7.99. The van der Waals surface area contributed by atoms with E-state index in [1.54, 1.807) is 49.1 Å². The number of thioether (sulfide) groups is 1. The first-order valence-corrected chi connectivity index (χ1v) is 11.9. The van der Waals surface area contributed by atoms with Crippen LogP contribution in [-0.2, 0) is 9.59 Å². The molecule has 3 aromatic rings. The molecule has 8 nitrogen and oxygen atoms in total. The van der Waals surface area contributed by atoms with Crippen LogP contribution in [0.3, 0.4) is 0 Å². The third kappa shape index (κ3) is 4.72. The lowest BCUT2D eigenvalue weighted by molar-refractivity contribution is -0.121. The number of hydrogen-bond donors (Lipinski definition) is 1. The Labute approximate surface area is 207 Å². The van der Waals surface area contributed by atoms with Crippen LogP contribution in [0.15, 0.2) is 65.6 Å². The lowest BCUT2D eigenvalue weighted by Crippen LogP contribution is -2.38. The first kappa shape index (κ1) is 22.9. The number of carbonyl (C=O) groups is 2. The van der Waals surface area contributed by atoms with E-state index < -0.39 is 0 Å². The molecular weight excluding hydrogens is 468 g/mol. The van der Waals surface area contributed by atoms with Crippen LogP contribution in [0.5, 0.6) is 23.0 Å². The zero-order valence-electron chi connectivity index (χ0n) is 19.3. The van der Waals surface area contributed by atoms with E-state index in [1.165, 1.54) is 0 Å². The van der Waals surface area contributed by atoms with Gasteiger partial charge in [0.1, 0.15) is 6.54 Å². The maximum absolute atomic E-state index is 13.4. The molecule has 0 fully saturated rings. The van der Waals surface area contributed by atoms with Gasteiger partial charge in [-0.05, 0) is 42.0 Å². The van der Waals surface area contributed by atoms with Gasteiger partial charge in [0.25, 0.3) is 0 Å². The average molecular weight is 493 g/mol. The van der Waals surface area contributed by atoms with Gasteiger partial charge in [0.05, 0.1) is 19.9 Å². The Hall–Kier alpha value is -3.85. The molecule has 2 aliphatic rings. The number of hydrogen-bond acceptors (Lipinski definition) is 7. The molecule has 2 heterocycles. The van der Waals surface area contributed by atoms with Crippen molar-refractivity contribution in [3.8, 4) is 23.0 Å². The Morgan fingerprint density at radius 3 is 2.66 bits per heavy atom. The molecule has 0 aliphatic carbocycles. The molecule has 9 heteroatoms. The number of methoxy groups -OCH3 is 2. The molecule has 5 rings (SSSR count). The molecule has 1 N–H and O–H groups in total. The zero-order valence-corrected chi connectivity index (χ0v) is 20.1. The molecule has 0 bridgehead atoms. The molecule has 2 aliphatic heterocycles. The highest BCUT2D eigenvalue weighted by atomic mass is 32.2. The fourth-order valence-corrected chi connectivity index (χ4v) is 5.38. The van der Waals surface area contributed by atoms with Gasteiger partial charge < -0.3 is 29.2 Å². The van der Waals surface area contributed by atoms with Gasteiger partial charge in [0.15, 0.2) is 23.0 Å². The predicted molar refractivity (Wildman–Crippen MR) is 133 cm³/mol. The van der Waals surface area contributed by atoms with E-state index in [0.29, 0.717) is 34.4 Å². The third-order valence-corrected chi connectivity index (χ3v) is 7.15. The quantitative estimate of drug-likeness (QED) is 0.536. The van der Waals surface area contributed by atoms with E-state index in [1.807, 2.05) is 42.5 Å². The van der Waals surface area contributed by atoms with Crippen LogP contribution in [0.1, 0.15) is 17.2 Å². The molecular formula is C26H24N2O6S. The van der Waals surface area contributed by atoms with Gasteiger partial charge in [-0.3, -0.25) is 9.59 Å². The second-order valence-corrected chi connectivity index (χ2v) is 9.23. The number of benzene rings is 3. The van der Waals surface area contributed by atoms with Crippen LogP contribution < -0.4 is 29.2 Å². The number of nitrogens with one attached hydrogen (secondary N) is 1. The number of amides is 2. The van der Waals surface area contributed by atoms with Gasteiger partial charge in [0, 0.05) is 28.3 Å². The van der Waals surface area contributed by atoms with E-state index in [-0.39, 0.29) is 36.8 Å². The standard InChI is InChI=1S/C26H24N2O6S/c1-31-19-9-7-16(11-21(19)32-2)24-13-26(30)28(18-5-3-4-6-23(18)35-24)14-25(29)27-17-8-10-20-22(12-17)34-15-33-20/h3-12,24H,13-15H2,1-2H3,(H,27,29). The largest absolute Gasteiger partial charge is 0.493 e. The summed E-state index contributed by atoms with van der Waals surface area (Å²) < 4.78 is 21.5. The van der Waals surface area contributed by atoms with Crippen LogP contribution in [0, 0.1) is 0 Å². The van der Waals surface area contributed by atoms with Gasteiger partial charge in [-0.2, -0.15) is 0 Å². The Morgan fingerprint density at radius 2 is 1.83 bits per heavy atom. The summed E-state index contributed by atoms with van der Waals surface area (Å²) in [5, 5.41) is 2.71. The SMILES string of the molecule is COc1ccc(C2CC(=O)N(CC(=O)Nc3ccc4c(c3)OCO4)c3ccccc3S2)cc1OC. The van der Waals surface area contributed by atoms with Crippen LogP contribution in [0.4, 0.5) is 11.4 Å². The van der Waals surface area contributed by atoms with Gasteiger partial charge in [-0.15, -0.1) is 11.8 Å². The summed E-state index contributed by atoms with van der Waals surface area (Å²) in [5.41, 5.74) is 2.24. The summed E-state index contributed by atoms with van der Waals surface area (Å²) in [6, 6.07) is 18.5. The van der Waals surface area contributed by atoms with E-state index in [0.717, 1.165) is 10.5 Å². The summed E-state index contributed by atoms with van der Waals surface area (Å²) in [4.78, 5) is 28.8. The molecule has 0 saturated heterocycles. The zero-order chi connectivity index (χ0) is 24.4. The lowest BCUT2D eigenvalue weighted by atomic mass is 10.1. The van der Waals surface area contributed by atoms with Gasteiger partial charge in [0.2, 0.25) is 18.6 Å². The normalized spacial score (nSPS) is 16.3. The van der Waals surface area contributed by atoms with Crippen molar-refractivity contribution in [2.24, 2.45) is 0 Å². The Kier molecular flexibility index (Phi) is 6.41. The minimum atomic E-state index is -0.304. The molecule has 3 aromatic carbocycles. The third-order valence-electron chi connectivity index (χ3n) is 5.82. The number of ether oxygens (including phenoxy) is 4. The van der Waals surface area contributed by atoms with Crippen molar-refractivity contribution < 1.29 is 28.5 Å². The smallest absolute Gasteiger partial charge is 0.244 e. The maximum atomic E-state index is 13.4. The van der Waals surface area contributed by atoms with Crippen molar-refractivity contribution in [1.82, 2.24) is 0 Å². The van der Waals surface area contributed by atoms with Crippen molar-refractivity contribution in [2.45, 2.75) is 16.6 Å². The Bertz CT molecular complexity index is 1280. The number of fused-ring (bicyclic) bond motifs is 2. The lowest BCUT2D eigenvalue weighted by Gasteiger charge is -2.22. The minimum absolute atomic E-state index is 0.108. The van der Waals surface area contributed by atoms with Gasteiger partial charge >= 0.3 is 0 Å². The number of anilines is 2. The van der Waals surface area contributed by atoms with Crippen molar-refractivity contribution in [2.75, 3.05) is 37.8 Å². The number of carbonyl (C=O) groups excluding carboxylic acids is 2. The van der Waals surface area contributed by atoms with Crippen LogP contribution in [-0.4, -0.2) is 39.4 Å². The highest BCUT2D eigenvalue weighted by Crippen LogP contribution is 2.46. The summed E-state index contributed by atoms with van der Waals surface area (Å²) in [5.74, 6) is 2.01. The topological polar surface area (TPSA) is 86.3 Å². The summed E-state index contributed by atoms with van der Waals surface area (Å²) in [6.07, 6.45) is 0.228. The van der Waals surface area contributed by atoms with E-state index in [9.17, 15) is 9.59 Å². The van der Waals surface area contributed by atoms with E-state index in [4.69, 9.17) is 18.9 Å². The van der Waals surface area contributed by atoms with Crippen molar-refractivity contribution >= 4 is 35.0 Å². The molecule has 35 heavy (non-hydrogen) atoms. The molecule has 0 aromatic heterocycles.